The molecule has 1 aliphatic carbocycles. The number of hydrogen-bond acceptors (Lipinski definition) is 3. The van der Waals surface area contributed by atoms with Gasteiger partial charge in [-0.3, -0.25) is 0 Å². The van der Waals surface area contributed by atoms with E-state index < -0.39 is 43.2 Å². The van der Waals surface area contributed by atoms with Crippen LogP contribution >= 0.6 is 0 Å². The van der Waals surface area contributed by atoms with E-state index in [2.05, 4.69) is 0 Å². The van der Waals surface area contributed by atoms with E-state index in [9.17, 15) is 26.7 Å². The Bertz CT molecular complexity index is 635. The average molecular weight is 322 g/mol. The maximum Gasteiger partial charge on any atom is 0.417 e. The summed E-state index contributed by atoms with van der Waals surface area (Å²) in [6, 6.07) is 4.11. The fraction of sp³-hybridized carbons (Fsp3) is 0.571. The van der Waals surface area contributed by atoms with Gasteiger partial charge >= 0.3 is 6.18 Å². The van der Waals surface area contributed by atoms with Crippen molar-refractivity contribution in [3.63, 3.8) is 0 Å². The fourth-order valence-electron chi connectivity index (χ4n) is 2.76. The molecule has 1 N–H and O–H groups in total. The Labute approximate surface area is 121 Å². The molecular formula is C14H17F3O3S. The second-order valence-corrected chi connectivity index (χ2v) is 8.18. The third-order valence-corrected chi connectivity index (χ3v) is 6.38. The molecule has 0 radical (unpaired) electrons. The zero-order valence-electron chi connectivity index (χ0n) is 11.7. The van der Waals surface area contributed by atoms with Crippen LogP contribution in [0.5, 0.6) is 0 Å². The van der Waals surface area contributed by atoms with Crippen LogP contribution in [0.4, 0.5) is 13.2 Å². The van der Waals surface area contributed by atoms with E-state index in [4.69, 9.17) is 0 Å². The van der Waals surface area contributed by atoms with Gasteiger partial charge in [-0.05, 0) is 30.4 Å². The number of alkyl halides is 3. The van der Waals surface area contributed by atoms with Crippen LogP contribution in [0.2, 0.25) is 0 Å². The van der Waals surface area contributed by atoms with Gasteiger partial charge in [0.2, 0.25) is 0 Å². The Kier molecular flexibility index (Phi) is 3.87. The molecule has 0 aromatic heterocycles. The van der Waals surface area contributed by atoms with Crippen molar-refractivity contribution >= 4 is 9.84 Å². The Morgan fingerprint density at radius 3 is 2.29 bits per heavy atom. The van der Waals surface area contributed by atoms with Crippen LogP contribution in [-0.4, -0.2) is 24.9 Å². The van der Waals surface area contributed by atoms with Crippen LogP contribution in [0.3, 0.4) is 0 Å². The summed E-state index contributed by atoms with van der Waals surface area (Å²) in [6.07, 6.45) is -5.32. The molecule has 118 valence electrons. The van der Waals surface area contributed by atoms with Crippen LogP contribution in [0, 0.1) is 5.41 Å². The van der Waals surface area contributed by atoms with Crippen molar-refractivity contribution in [1.29, 1.82) is 0 Å². The SMILES string of the molecule is CC1(C)CCC(S(=O)(=O)c2ccccc2C(F)(F)F)C1O. The van der Waals surface area contributed by atoms with Gasteiger partial charge in [0.1, 0.15) is 0 Å². The van der Waals surface area contributed by atoms with E-state index in [-0.39, 0.29) is 6.42 Å². The van der Waals surface area contributed by atoms with Crippen molar-refractivity contribution in [2.24, 2.45) is 5.41 Å². The summed E-state index contributed by atoms with van der Waals surface area (Å²) in [5.74, 6) is 0. The highest BCUT2D eigenvalue weighted by molar-refractivity contribution is 7.92. The summed E-state index contributed by atoms with van der Waals surface area (Å²) in [7, 11) is -4.24. The molecule has 1 fully saturated rings. The van der Waals surface area contributed by atoms with Crippen LogP contribution in [0.15, 0.2) is 29.2 Å². The minimum absolute atomic E-state index is 0.155. The molecule has 0 saturated heterocycles. The van der Waals surface area contributed by atoms with Gasteiger partial charge in [0.25, 0.3) is 0 Å². The van der Waals surface area contributed by atoms with Crippen molar-refractivity contribution in [3.8, 4) is 0 Å². The maximum absolute atomic E-state index is 13.0. The van der Waals surface area contributed by atoms with Crippen molar-refractivity contribution in [3.05, 3.63) is 29.8 Å². The summed E-state index contributed by atoms with van der Waals surface area (Å²) >= 11 is 0. The van der Waals surface area contributed by atoms with Gasteiger partial charge in [-0.25, -0.2) is 8.42 Å². The molecule has 0 bridgehead atoms. The molecule has 0 aliphatic heterocycles. The van der Waals surface area contributed by atoms with Gasteiger partial charge in [0.15, 0.2) is 9.84 Å². The third-order valence-electron chi connectivity index (χ3n) is 4.12. The van der Waals surface area contributed by atoms with Crippen LogP contribution in [0.25, 0.3) is 0 Å². The summed E-state index contributed by atoms with van der Waals surface area (Å²) in [4.78, 5) is -0.751. The number of sulfone groups is 1. The molecule has 0 amide bonds. The molecule has 0 spiro atoms. The van der Waals surface area contributed by atoms with Gasteiger partial charge in [0.05, 0.1) is 21.8 Å². The maximum atomic E-state index is 13.0. The molecule has 1 saturated carbocycles. The lowest BCUT2D eigenvalue weighted by Gasteiger charge is -2.26. The Morgan fingerprint density at radius 2 is 1.81 bits per heavy atom. The quantitative estimate of drug-likeness (QED) is 0.910. The fourth-order valence-corrected chi connectivity index (χ4v) is 4.98. The minimum Gasteiger partial charge on any atom is -0.391 e. The minimum atomic E-state index is -4.75. The highest BCUT2D eigenvalue weighted by atomic mass is 32.2. The monoisotopic (exact) mass is 322 g/mol. The Hall–Kier alpha value is -1.08. The van der Waals surface area contributed by atoms with Crippen molar-refractivity contribution in [2.75, 3.05) is 0 Å². The predicted octanol–water partition coefficient (Wildman–Crippen LogP) is 3.03. The predicted molar refractivity (Wildman–Crippen MR) is 71.4 cm³/mol. The second kappa shape index (κ2) is 4.98. The molecule has 2 unspecified atom stereocenters. The van der Waals surface area contributed by atoms with E-state index in [1.54, 1.807) is 13.8 Å². The Balaban J connectivity index is 2.52. The number of rotatable bonds is 2. The molecule has 7 heteroatoms. The van der Waals surface area contributed by atoms with E-state index >= 15 is 0 Å². The zero-order chi connectivity index (χ0) is 16.1. The van der Waals surface area contributed by atoms with Crippen molar-refractivity contribution < 1.29 is 26.7 Å². The molecule has 21 heavy (non-hydrogen) atoms. The standard InChI is InChI=1S/C14H17F3O3S/c1-13(2)8-7-11(12(13)18)21(19,20)10-6-4-3-5-9(10)14(15,16)17/h3-6,11-12,18H,7-8H2,1-2H3. The van der Waals surface area contributed by atoms with Crippen molar-refractivity contribution in [1.82, 2.24) is 0 Å². The highest BCUT2D eigenvalue weighted by Gasteiger charge is 2.49. The van der Waals surface area contributed by atoms with E-state index in [0.29, 0.717) is 6.42 Å². The molecule has 3 nitrogen and oxygen atoms in total. The van der Waals surface area contributed by atoms with E-state index in [0.717, 1.165) is 18.2 Å². The van der Waals surface area contributed by atoms with Gasteiger partial charge in [-0.15, -0.1) is 0 Å². The summed E-state index contributed by atoms with van der Waals surface area (Å²) < 4.78 is 64.0. The van der Waals surface area contributed by atoms with Gasteiger partial charge < -0.3 is 5.11 Å². The lowest BCUT2D eigenvalue weighted by Crippen LogP contribution is -2.37. The number of hydrogen-bond donors (Lipinski definition) is 1. The lowest BCUT2D eigenvalue weighted by molar-refractivity contribution is -0.139. The third kappa shape index (κ3) is 2.81. The second-order valence-electron chi connectivity index (χ2n) is 6.05. The topological polar surface area (TPSA) is 54.4 Å². The zero-order valence-corrected chi connectivity index (χ0v) is 12.5. The molecule has 0 heterocycles. The van der Waals surface area contributed by atoms with Gasteiger partial charge in [0, 0.05) is 0 Å². The first-order valence-electron chi connectivity index (χ1n) is 6.56. The largest absolute Gasteiger partial charge is 0.417 e. The molecule has 1 aromatic carbocycles. The summed E-state index contributed by atoms with van der Waals surface area (Å²) in [5, 5.41) is 8.95. The smallest absolute Gasteiger partial charge is 0.391 e. The molecule has 2 rings (SSSR count). The summed E-state index contributed by atoms with van der Waals surface area (Å²) in [6.45, 7) is 3.42. The molecule has 2 atom stereocenters. The van der Waals surface area contributed by atoms with Crippen molar-refractivity contribution in [2.45, 2.75) is 49.1 Å². The lowest BCUT2D eigenvalue weighted by atomic mass is 9.89. The van der Waals surface area contributed by atoms with Gasteiger partial charge in [-0.1, -0.05) is 26.0 Å². The van der Waals surface area contributed by atoms with Gasteiger partial charge in [-0.2, -0.15) is 13.2 Å². The molecule has 1 aromatic rings. The first-order chi connectivity index (χ1) is 9.48. The number of aliphatic hydroxyl groups is 1. The number of aliphatic hydroxyl groups excluding tert-OH is 1. The number of benzene rings is 1. The van der Waals surface area contributed by atoms with Crippen LogP contribution in [-0.2, 0) is 16.0 Å². The van der Waals surface area contributed by atoms with E-state index in [1.165, 1.54) is 6.07 Å². The van der Waals surface area contributed by atoms with Crippen LogP contribution < -0.4 is 0 Å². The number of halogens is 3. The average Bonchev–Trinajstić information content (AvgIpc) is 2.64. The highest BCUT2D eigenvalue weighted by Crippen LogP contribution is 2.44. The first-order valence-corrected chi connectivity index (χ1v) is 8.11. The Morgan fingerprint density at radius 1 is 1.24 bits per heavy atom. The molecule has 1 aliphatic rings. The first kappa shape index (κ1) is 16.3. The summed E-state index contributed by atoms with van der Waals surface area (Å²) in [5.41, 5.74) is -1.80. The van der Waals surface area contributed by atoms with E-state index in [1.807, 2.05) is 0 Å². The molecular weight excluding hydrogens is 305 g/mol. The van der Waals surface area contributed by atoms with Crippen LogP contribution in [0.1, 0.15) is 32.3 Å². The normalized spacial score (nSPS) is 26.0.